The first-order valence-corrected chi connectivity index (χ1v) is 10.6. The number of benzene rings is 1. The Balaban J connectivity index is 2.12. The van der Waals surface area contributed by atoms with Gasteiger partial charge in [0.1, 0.15) is 5.54 Å². The molecule has 1 aromatic rings. The number of halogens is 3. The van der Waals surface area contributed by atoms with Gasteiger partial charge < -0.3 is 4.90 Å². The summed E-state index contributed by atoms with van der Waals surface area (Å²) in [6, 6.07) is 4.91. The summed E-state index contributed by atoms with van der Waals surface area (Å²) in [4.78, 5) is 39.4. The Morgan fingerprint density at radius 2 is 1.73 bits per heavy atom. The molecule has 1 aliphatic heterocycles. The molecule has 8 heteroatoms. The number of hydrogen-bond donors (Lipinski definition) is 1. The molecule has 1 aromatic carbocycles. The van der Waals surface area contributed by atoms with Crippen LogP contribution in [0.5, 0.6) is 0 Å². The van der Waals surface area contributed by atoms with Crippen molar-refractivity contribution in [1.29, 1.82) is 0 Å². The maximum atomic E-state index is 12.9. The summed E-state index contributed by atoms with van der Waals surface area (Å²) in [5, 5.41) is -0.456. The average molecular weight is 444 g/mol. The van der Waals surface area contributed by atoms with E-state index in [4.69, 9.17) is 0 Å². The van der Waals surface area contributed by atoms with Gasteiger partial charge in [0.2, 0.25) is 10.9 Å². The Morgan fingerprint density at radius 1 is 1.13 bits per heavy atom. The average Bonchev–Trinajstić information content (AvgIpc) is 3.11. The van der Waals surface area contributed by atoms with Crippen molar-refractivity contribution in [2.24, 2.45) is 5.41 Å². The number of hydrogen-bond acceptors (Lipinski definition) is 3. The van der Waals surface area contributed by atoms with Gasteiger partial charge in [0.25, 0.3) is 5.91 Å². The number of carbonyl (C=O) groups is 3. The van der Waals surface area contributed by atoms with E-state index in [1.165, 1.54) is 17.0 Å². The summed E-state index contributed by atoms with van der Waals surface area (Å²) in [5.74, 6) is -1.18. The SMILES string of the molecule is CCC(C)(C)C(=O)C(=O)N1CCCC1(CCCc1ccc(C(F)(F)F)cc1)C(=O)S. The van der Waals surface area contributed by atoms with E-state index in [1.807, 2.05) is 6.92 Å². The molecular formula is C22H28F3NO3S. The maximum Gasteiger partial charge on any atom is 0.416 e. The molecule has 166 valence electrons. The lowest BCUT2D eigenvalue weighted by atomic mass is 9.83. The lowest BCUT2D eigenvalue weighted by molar-refractivity contribution is -0.153. The number of nitrogens with zero attached hydrogens (tertiary/aromatic N) is 1. The van der Waals surface area contributed by atoms with Crippen molar-refractivity contribution in [3.63, 3.8) is 0 Å². The minimum absolute atomic E-state index is 0.307. The van der Waals surface area contributed by atoms with Gasteiger partial charge in [-0.3, -0.25) is 14.4 Å². The second-order valence-corrected chi connectivity index (χ2v) is 8.92. The summed E-state index contributed by atoms with van der Waals surface area (Å²) < 4.78 is 38.1. The molecule has 1 aliphatic rings. The third-order valence-corrected chi connectivity index (χ3v) is 6.58. The van der Waals surface area contributed by atoms with E-state index in [0.29, 0.717) is 50.6 Å². The number of ketones is 1. The Labute approximate surface area is 180 Å². The van der Waals surface area contributed by atoms with Crippen LogP contribution in [-0.4, -0.2) is 33.8 Å². The zero-order valence-corrected chi connectivity index (χ0v) is 18.4. The predicted octanol–water partition coefficient (Wildman–Crippen LogP) is 4.85. The van der Waals surface area contributed by atoms with Crippen LogP contribution in [0.4, 0.5) is 13.2 Å². The van der Waals surface area contributed by atoms with Crippen molar-refractivity contribution in [3.05, 3.63) is 35.4 Å². The summed E-state index contributed by atoms with van der Waals surface area (Å²) in [5.41, 5.74) is -1.96. The molecule has 0 spiro atoms. The molecule has 1 saturated heterocycles. The van der Waals surface area contributed by atoms with Gasteiger partial charge in [-0.1, -0.05) is 32.9 Å². The zero-order chi connectivity index (χ0) is 22.7. The quantitative estimate of drug-likeness (QED) is 0.462. The molecule has 0 saturated carbocycles. The highest BCUT2D eigenvalue weighted by Gasteiger charge is 2.50. The van der Waals surface area contributed by atoms with E-state index in [2.05, 4.69) is 12.6 Å². The van der Waals surface area contributed by atoms with Gasteiger partial charge in [-0.15, -0.1) is 12.6 Å². The minimum Gasteiger partial charge on any atom is -0.322 e. The van der Waals surface area contributed by atoms with Crippen LogP contribution in [0.1, 0.15) is 64.0 Å². The fourth-order valence-corrected chi connectivity index (χ4v) is 4.13. The van der Waals surface area contributed by atoms with E-state index in [-0.39, 0.29) is 0 Å². The monoisotopic (exact) mass is 443 g/mol. The second-order valence-electron chi connectivity index (χ2n) is 8.51. The van der Waals surface area contributed by atoms with Crippen LogP contribution in [-0.2, 0) is 27.0 Å². The van der Waals surface area contributed by atoms with Gasteiger partial charge in [0, 0.05) is 12.0 Å². The third-order valence-electron chi connectivity index (χ3n) is 6.16. The second kappa shape index (κ2) is 9.12. The predicted molar refractivity (Wildman–Crippen MR) is 111 cm³/mol. The fourth-order valence-electron chi connectivity index (χ4n) is 3.78. The number of likely N-dealkylation sites (tertiary alicyclic amines) is 1. The number of amides is 1. The molecule has 30 heavy (non-hydrogen) atoms. The van der Waals surface area contributed by atoms with Crippen molar-refractivity contribution in [2.45, 2.75) is 71.0 Å². The van der Waals surface area contributed by atoms with Crippen LogP contribution in [0.3, 0.4) is 0 Å². The molecule has 1 heterocycles. The van der Waals surface area contributed by atoms with Crippen molar-refractivity contribution in [2.75, 3.05) is 6.54 Å². The molecular weight excluding hydrogens is 415 g/mol. The highest BCUT2D eigenvalue weighted by Crippen LogP contribution is 2.38. The first kappa shape index (κ1) is 24.4. The topological polar surface area (TPSA) is 54.5 Å². The molecule has 2 rings (SSSR count). The highest BCUT2D eigenvalue weighted by molar-refractivity contribution is 7.96. The van der Waals surface area contributed by atoms with E-state index < -0.39 is 39.5 Å². The molecule has 1 fully saturated rings. The smallest absolute Gasteiger partial charge is 0.322 e. The summed E-state index contributed by atoms with van der Waals surface area (Å²) >= 11 is 4.03. The molecule has 0 radical (unpaired) electrons. The standard InChI is InChI=1S/C22H28F3NO3S/c1-4-20(2,3)17(27)18(28)26-14-6-13-21(26,19(29)30)12-5-7-15-8-10-16(11-9-15)22(23,24)25/h8-11H,4-7,12-14H2,1-3H3,(H,29,30). The van der Waals surface area contributed by atoms with Gasteiger partial charge in [-0.2, -0.15) is 13.2 Å². The van der Waals surface area contributed by atoms with Gasteiger partial charge in [0.05, 0.1) is 5.56 Å². The molecule has 0 aliphatic carbocycles. The number of thiol groups is 1. The first-order valence-electron chi connectivity index (χ1n) is 10.1. The first-order chi connectivity index (χ1) is 13.8. The zero-order valence-electron chi connectivity index (χ0n) is 17.5. The van der Waals surface area contributed by atoms with Crippen LogP contribution in [0.2, 0.25) is 0 Å². The molecule has 0 N–H and O–H groups in total. The van der Waals surface area contributed by atoms with Crippen molar-refractivity contribution >= 4 is 29.4 Å². The Hall–Kier alpha value is -1.83. The summed E-state index contributed by atoms with van der Waals surface area (Å²) in [7, 11) is 0. The van der Waals surface area contributed by atoms with Crippen LogP contribution < -0.4 is 0 Å². The van der Waals surface area contributed by atoms with Gasteiger partial charge >= 0.3 is 6.18 Å². The number of aryl methyl sites for hydroxylation is 1. The van der Waals surface area contributed by atoms with Crippen molar-refractivity contribution in [3.8, 4) is 0 Å². The molecule has 1 amide bonds. The van der Waals surface area contributed by atoms with E-state index in [1.54, 1.807) is 13.8 Å². The van der Waals surface area contributed by atoms with Crippen LogP contribution in [0.25, 0.3) is 0 Å². The molecule has 1 atom stereocenters. The molecule has 0 bridgehead atoms. The Morgan fingerprint density at radius 3 is 2.23 bits per heavy atom. The van der Waals surface area contributed by atoms with E-state index >= 15 is 0 Å². The number of Topliss-reactive ketones (excluding diaryl/α,β-unsaturated/α-hetero) is 1. The Kier molecular flexibility index (Phi) is 7.43. The van der Waals surface area contributed by atoms with E-state index in [9.17, 15) is 27.6 Å². The normalized spacial score (nSPS) is 19.8. The van der Waals surface area contributed by atoms with Crippen LogP contribution in [0, 0.1) is 5.41 Å². The van der Waals surface area contributed by atoms with Crippen LogP contribution >= 0.6 is 12.6 Å². The summed E-state index contributed by atoms with van der Waals surface area (Å²) in [6.07, 6.45) is -1.62. The largest absolute Gasteiger partial charge is 0.416 e. The maximum absolute atomic E-state index is 12.9. The summed E-state index contributed by atoms with van der Waals surface area (Å²) in [6.45, 7) is 5.56. The van der Waals surface area contributed by atoms with Crippen molar-refractivity contribution in [1.82, 2.24) is 4.90 Å². The molecule has 1 unspecified atom stereocenters. The number of rotatable bonds is 8. The van der Waals surface area contributed by atoms with Crippen LogP contribution in [0.15, 0.2) is 24.3 Å². The third kappa shape index (κ3) is 5.07. The number of alkyl halides is 3. The fraction of sp³-hybridized carbons (Fsp3) is 0.591. The van der Waals surface area contributed by atoms with Gasteiger partial charge in [-0.25, -0.2) is 0 Å². The Bertz CT molecular complexity index is 805. The lowest BCUT2D eigenvalue weighted by Gasteiger charge is -2.37. The highest BCUT2D eigenvalue weighted by atomic mass is 32.1. The van der Waals surface area contributed by atoms with E-state index in [0.717, 1.165) is 12.1 Å². The van der Waals surface area contributed by atoms with Crippen molar-refractivity contribution < 1.29 is 27.6 Å². The van der Waals surface area contributed by atoms with Gasteiger partial charge in [0.15, 0.2) is 0 Å². The van der Waals surface area contributed by atoms with Gasteiger partial charge in [-0.05, 0) is 56.2 Å². The molecule has 4 nitrogen and oxygen atoms in total. The number of carbonyl (C=O) groups excluding carboxylic acids is 3. The minimum atomic E-state index is -4.38. The molecule has 0 aromatic heterocycles. The lowest BCUT2D eigenvalue weighted by Crippen LogP contribution is -2.55.